The summed E-state index contributed by atoms with van der Waals surface area (Å²) in [4.78, 5) is 13.3. The Morgan fingerprint density at radius 2 is 0.840 bits per heavy atom. The lowest BCUT2D eigenvalue weighted by Gasteiger charge is -2.46. The summed E-state index contributed by atoms with van der Waals surface area (Å²) in [5, 5.41) is 87.4. The number of unbranched alkanes of at least 4 members (excludes halogenated alkanes) is 36. The van der Waals surface area contributed by atoms with Gasteiger partial charge in [-0.25, -0.2) is 0 Å². The second-order valence-electron chi connectivity index (χ2n) is 22.5. The van der Waals surface area contributed by atoms with E-state index in [-0.39, 0.29) is 12.5 Å². The van der Waals surface area contributed by atoms with E-state index in [4.69, 9.17) is 18.9 Å². The molecule has 2 fully saturated rings. The number of carbonyl (C=O) groups excluding carboxylic acids is 1. The van der Waals surface area contributed by atoms with Crippen LogP contribution in [0.5, 0.6) is 0 Å². The summed E-state index contributed by atoms with van der Waals surface area (Å²) >= 11 is 0. The number of aliphatic hydroxyl groups excluding tert-OH is 8. The van der Waals surface area contributed by atoms with Crippen molar-refractivity contribution in [1.82, 2.24) is 5.32 Å². The molecule has 444 valence electrons. The van der Waals surface area contributed by atoms with Gasteiger partial charge in [0.25, 0.3) is 0 Å². The number of allylic oxidation sites excluding steroid dienone is 2. The first-order valence-electron chi connectivity index (χ1n) is 31.4. The van der Waals surface area contributed by atoms with Crippen molar-refractivity contribution in [2.24, 2.45) is 0 Å². The van der Waals surface area contributed by atoms with E-state index < -0.39 is 86.8 Å². The van der Waals surface area contributed by atoms with Crippen molar-refractivity contribution in [2.45, 2.75) is 351 Å². The molecule has 2 heterocycles. The van der Waals surface area contributed by atoms with Crippen molar-refractivity contribution < 1.29 is 64.6 Å². The van der Waals surface area contributed by atoms with E-state index in [2.05, 4.69) is 31.3 Å². The van der Waals surface area contributed by atoms with Crippen LogP contribution in [0.3, 0.4) is 0 Å². The van der Waals surface area contributed by atoms with E-state index >= 15 is 0 Å². The lowest BCUT2D eigenvalue weighted by Crippen LogP contribution is -2.65. The van der Waals surface area contributed by atoms with E-state index in [1.807, 2.05) is 0 Å². The molecule has 2 rings (SSSR count). The molecular formula is C61H117NO13. The van der Waals surface area contributed by atoms with Crippen molar-refractivity contribution in [3.05, 3.63) is 12.2 Å². The molecular weight excluding hydrogens is 955 g/mol. The molecule has 14 nitrogen and oxygen atoms in total. The zero-order valence-corrected chi connectivity index (χ0v) is 47.8. The molecule has 12 unspecified atom stereocenters. The molecule has 2 aliphatic rings. The summed E-state index contributed by atoms with van der Waals surface area (Å²) < 4.78 is 22.9. The van der Waals surface area contributed by atoms with Crippen molar-refractivity contribution in [2.75, 3.05) is 19.8 Å². The summed E-state index contributed by atoms with van der Waals surface area (Å²) in [7, 11) is 0. The number of aliphatic hydroxyl groups is 8. The zero-order chi connectivity index (χ0) is 54.6. The summed E-state index contributed by atoms with van der Waals surface area (Å²) in [6, 6.07) is -0.826. The van der Waals surface area contributed by atoms with Gasteiger partial charge in [0, 0.05) is 6.42 Å². The smallest absolute Gasteiger partial charge is 0.220 e. The van der Waals surface area contributed by atoms with Crippen LogP contribution in [0.1, 0.15) is 277 Å². The van der Waals surface area contributed by atoms with Crippen LogP contribution in [-0.4, -0.2) is 140 Å². The Kier molecular flexibility index (Phi) is 44.3. The molecule has 0 bridgehead atoms. The number of ether oxygens (including phenoxy) is 4. The van der Waals surface area contributed by atoms with Crippen molar-refractivity contribution in [3.8, 4) is 0 Å². The van der Waals surface area contributed by atoms with Gasteiger partial charge in [-0.3, -0.25) is 4.79 Å². The predicted octanol–water partition coefficient (Wildman–Crippen LogP) is 11.1. The van der Waals surface area contributed by atoms with Crippen LogP contribution in [0, 0.1) is 0 Å². The molecule has 0 aromatic heterocycles. The molecule has 0 saturated carbocycles. The Bertz CT molecular complexity index is 1310. The van der Waals surface area contributed by atoms with Gasteiger partial charge in [-0.2, -0.15) is 0 Å². The quantitative estimate of drug-likeness (QED) is 0.0204. The van der Waals surface area contributed by atoms with E-state index in [9.17, 15) is 45.6 Å². The van der Waals surface area contributed by atoms with Crippen LogP contribution in [0.15, 0.2) is 12.2 Å². The minimum Gasteiger partial charge on any atom is -0.394 e. The largest absolute Gasteiger partial charge is 0.394 e. The molecule has 75 heavy (non-hydrogen) atoms. The van der Waals surface area contributed by atoms with Crippen LogP contribution in [0.4, 0.5) is 0 Å². The molecule has 9 N–H and O–H groups in total. The molecule has 0 radical (unpaired) electrons. The lowest BCUT2D eigenvalue weighted by atomic mass is 9.97. The van der Waals surface area contributed by atoms with E-state index in [0.717, 1.165) is 51.4 Å². The molecule has 0 aromatic carbocycles. The fraction of sp³-hybridized carbons (Fsp3) is 0.951. The number of nitrogens with one attached hydrogen (secondary N) is 1. The van der Waals surface area contributed by atoms with Crippen molar-refractivity contribution >= 4 is 5.91 Å². The highest BCUT2D eigenvalue weighted by Crippen LogP contribution is 2.30. The van der Waals surface area contributed by atoms with Gasteiger partial charge in [0.05, 0.1) is 32.0 Å². The molecule has 2 saturated heterocycles. The maximum atomic E-state index is 13.3. The molecule has 2 aliphatic heterocycles. The van der Waals surface area contributed by atoms with Gasteiger partial charge < -0.3 is 65.1 Å². The number of carbonyl (C=O) groups is 1. The van der Waals surface area contributed by atoms with E-state index in [0.29, 0.717) is 12.8 Å². The van der Waals surface area contributed by atoms with E-state index in [1.54, 1.807) is 0 Å². The molecule has 0 aliphatic carbocycles. The highest BCUT2D eigenvalue weighted by atomic mass is 16.7. The van der Waals surface area contributed by atoms with Crippen LogP contribution in [0.2, 0.25) is 0 Å². The summed E-state index contributed by atoms with van der Waals surface area (Å²) in [5.41, 5.74) is 0. The monoisotopic (exact) mass is 1070 g/mol. The number of hydrogen-bond acceptors (Lipinski definition) is 13. The Hall–Kier alpha value is -1.27. The summed E-state index contributed by atoms with van der Waals surface area (Å²) in [6.45, 7) is 2.90. The van der Waals surface area contributed by atoms with Crippen LogP contribution in [0.25, 0.3) is 0 Å². The van der Waals surface area contributed by atoms with Crippen molar-refractivity contribution in [3.63, 3.8) is 0 Å². The van der Waals surface area contributed by atoms with Crippen LogP contribution < -0.4 is 5.32 Å². The molecule has 1 amide bonds. The van der Waals surface area contributed by atoms with Crippen molar-refractivity contribution in [1.29, 1.82) is 0 Å². The number of amides is 1. The number of hydrogen-bond donors (Lipinski definition) is 9. The standard InChI is InChI=1S/C61H117NO13/c1-3-5-7-9-11-13-15-17-19-21-23-24-25-26-27-29-31-33-35-37-39-41-43-45-53(66)62-49(50(65)44-42-40-38-36-34-32-30-28-22-20-18-16-14-12-10-8-6-4-2)48-72-60-58(71)56(69)59(52(47-64)74-60)75-61-57(70)55(68)54(67)51(46-63)73-61/h21,23,49-52,54-61,63-65,67-71H,3-20,22,24-48H2,1-2H3,(H,62,66)/b23-21-. The Morgan fingerprint density at radius 1 is 0.467 bits per heavy atom. The first-order chi connectivity index (χ1) is 36.6. The number of rotatable bonds is 51. The molecule has 0 aromatic rings. The minimum atomic E-state index is -1.78. The average molecular weight is 1070 g/mol. The first kappa shape index (κ1) is 69.8. The van der Waals surface area contributed by atoms with Gasteiger partial charge in [-0.1, -0.05) is 244 Å². The fourth-order valence-corrected chi connectivity index (χ4v) is 10.6. The highest BCUT2D eigenvalue weighted by molar-refractivity contribution is 5.76. The topological polar surface area (TPSA) is 228 Å². The predicted molar refractivity (Wildman–Crippen MR) is 300 cm³/mol. The van der Waals surface area contributed by atoms with Crippen LogP contribution in [-0.2, 0) is 23.7 Å². The molecule has 14 heteroatoms. The normalized spacial score (nSPS) is 25.0. The average Bonchev–Trinajstić information content (AvgIpc) is 3.41. The van der Waals surface area contributed by atoms with Gasteiger partial charge in [-0.05, 0) is 38.5 Å². The molecule has 0 spiro atoms. The lowest BCUT2D eigenvalue weighted by molar-refractivity contribution is -0.359. The van der Waals surface area contributed by atoms with Gasteiger partial charge >= 0.3 is 0 Å². The summed E-state index contributed by atoms with van der Waals surface area (Å²) in [6.07, 6.45) is 37.8. The second kappa shape index (κ2) is 47.5. The maximum absolute atomic E-state index is 13.3. The zero-order valence-electron chi connectivity index (χ0n) is 47.8. The summed E-state index contributed by atoms with van der Waals surface area (Å²) in [5.74, 6) is -0.203. The van der Waals surface area contributed by atoms with Gasteiger partial charge in [0.15, 0.2) is 12.6 Å². The third kappa shape index (κ3) is 33.2. The van der Waals surface area contributed by atoms with Gasteiger partial charge in [0.1, 0.15) is 48.8 Å². The maximum Gasteiger partial charge on any atom is 0.220 e. The van der Waals surface area contributed by atoms with Crippen LogP contribution >= 0.6 is 0 Å². The Balaban J connectivity index is 1.72. The van der Waals surface area contributed by atoms with E-state index in [1.165, 1.54) is 199 Å². The molecule has 12 atom stereocenters. The van der Waals surface area contributed by atoms with Gasteiger partial charge in [0.2, 0.25) is 5.91 Å². The Labute approximate surface area is 456 Å². The third-order valence-corrected chi connectivity index (χ3v) is 15.7. The van der Waals surface area contributed by atoms with Gasteiger partial charge in [-0.15, -0.1) is 0 Å². The fourth-order valence-electron chi connectivity index (χ4n) is 10.6. The highest BCUT2D eigenvalue weighted by Gasteiger charge is 2.51. The SMILES string of the molecule is CCCCCCCCCC/C=C\CCCCCCCCCCCCCC(=O)NC(COC1OC(CO)C(OC2OC(CO)C(O)C(O)C2O)C(O)C1O)C(O)CCCCCCCCCCCCCCCCCCCC. The second-order valence-corrected chi connectivity index (χ2v) is 22.5. The Morgan fingerprint density at radius 3 is 1.27 bits per heavy atom. The minimum absolute atomic E-state index is 0.203. The first-order valence-corrected chi connectivity index (χ1v) is 31.4. The third-order valence-electron chi connectivity index (χ3n) is 15.7.